The molecule has 0 atom stereocenters. The first-order valence-electron chi connectivity index (χ1n) is 6.59. The lowest BCUT2D eigenvalue weighted by Crippen LogP contribution is -2.14. The number of rotatable bonds is 7. The number of methoxy groups -OCH3 is 1. The summed E-state index contributed by atoms with van der Waals surface area (Å²) in [6.45, 7) is 0.637. The van der Waals surface area contributed by atoms with E-state index in [1.54, 1.807) is 43.9 Å². The minimum absolute atomic E-state index is 0.0576. The highest BCUT2D eigenvalue weighted by atomic mass is 16.5. The van der Waals surface area contributed by atoms with E-state index in [2.05, 4.69) is 25.6 Å². The van der Waals surface area contributed by atoms with Gasteiger partial charge in [0.25, 0.3) is 0 Å². The Hall–Kier alpha value is -2.70. The van der Waals surface area contributed by atoms with Gasteiger partial charge in [-0.15, -0.1) is 0 Å². The van der Waals surface area contributed by atoms with Crippen molar-refractivity contribution in [2.45, 2.75) is 12.8 Å². The first-order valence-corrected chi connectivity index (χ1v) is 6.59. The van der Waals surface area contributed by atoms with Crippen LogP contribution in [0.1, 0.15) is 12.8 Å². The quantitative estimate of drug-likeness (QED) is 0.754. The van der Waals surface area contributed by atoms with Crippen LogP contribution in [0.15, 0.2) is 36.8 Å². The van der Waals surface area contributed by atoms with Crippen molar-refractivity contribution in [2.75, 3.05) is 24.3 Å². The summed E-state index contributed by atoms with van der Waals surface area (Å²) in [5.41, 5.74) is 0.653. The topological polar surface area (TPSA) is 89.0 Å². The maximum atomic E-state index is 11.7. The summed E-state index contributed by atoms with van der Waals surface area (Å²) in [4.78, 5) is 23.8. The Morgan fingerprint density at radius 2 is 2.05 bits per heavy atom. The lowest BCUT2D eigenvalue weighted by molar-refractivity contribution is -0.116. The first-order chi connectivity index (χ1) is 10.3. The van der Waals surface area contributed by atoms with Crippen LogP contribution in [-0.2, 0) is 4.79 Å². The van der Waals surface area contributed by atoms with Gasteiger partial charge in [0.1, 0.15) is 0 Å². The van der Waals surface area contributed by atoms with Crippen LogP contribution in [0.5, 0.6) is 5.88 Å². The number of carbonyl (C=O) groups is 1. The third kappa shape index (κ3) is 5.06. The van der Waals surface area contributed by atoms with Gasteiger partial charge in [0, 0.05) is 31.4 Å². The van der Waals surface area contributed by atoms with Crippen molar-refractivity contribution in [3.63, 3.8) is 0 Å². The van der Waals surface area contributed by atoms with Crippen molar-refractivity contribution in [2.24, 2.45) is 0 Å². The van der Waals surface area contributed by atoms with E-state index in [-0.39, 0.29) is 5.91 Å². The number of carbonyl (C=O) groups excluding carboxylic acids is 1. The molecule has 0 saturated heterocycles. The highest BCUT2D eigenvalue weighted by molar-refractivity contribution is 5.90. The Balaban J connectivity index is 1.67. The molecule has 2 rings (SSSR count). The number of hydrogen-bond acceptors (Lipinski definition) is 6. The Morgan fingerprint density at radius 3 is 2.71 bits per heavy atom. The van der Waals surface area contributed by atoms with Gasteiger partial charge < -0.3 is 15.4 Å². The third-order valence-corrected chi connectivity index (χ3v) is 2.66. The molecule has 0 radical (unpaired) electrons. The van der Waals surface area contributed by atoms with Crippen molar-refractivity contribution in [1.82, 2.24) is 15.0 Å². The normalized spacial score (nSPS) is 9.95. The molecule has 0 spiro atoms. The summed E-state index contributed by atoms with van der Waals surface area (Å²) < 4.78 is 4.95. The summed E-state index contributed by atoms with van der Waals surface area (Å²) in [5.74, 6) is 1.02. The second-order valence-corrected chi connectivity index (χ2v) is 4.24. The number of anilines is 2. The van der Waals surface area contributed by atoms with Crippen molar-refractivity contribution in [3.05, 3.63) is 36.8 Å². The predicted octanol–water partition coefficient (Wildman–Crippen LogP) is 1.71. The summed E-state index contributed by atoms with van der Waals surface area (Å²) in [7, 11) is 1.55. The Bertz CT molecular complexity index is 559. The van der Waals surface area contributed by atoms with Gasteiger partial charge in [-0.05, 0) is 18.6 Å². The SMILES string of the molecule is COc1ccc(NC(=O)CCCNc2ncccn2)cn1. The number of hydrogen-bond donors (Lipinski definition) is 2. The van der Waals surface area contributed by atoms with Crippen molar-refractivity contribution in [1.29, 1.82) is 0 Å². The van der Waals surface area contributed by atoms with Gasteiger partial charge in [-0.3, -0.25) is 4.79 Å². The van der Waals surface area contributed by atoms with E-state index in [0.29, 0.717) is 36.9 Å². The molecule has 0 aliphatic rings. The molecule has 0 saturated carbocycles. The molecule has 0 aromatic carbocycles. The third-order valence-electron chi connectivity index (χ3n) is 2.66. The zero-order valence-corrected chi connectivity index (χ0v) is 11.7. The fourth-order valence-corrected chi connectivity index (χ4v) is 1.64. The molecule has 21 heavy (non-hydrogen) atoms. The van der Waals surface area contributed by atoms with Gasteiger partial charge in [0.2, 0.25) is 17.7 Å². The van der Waals surface area contributed by atoms with Crippen LogP contribution in [-0.4, -0.2) is 34.5 Å². The molecular formula is C14H17N5O2. The molecule has 0 unspecified atom stereocenters. The minimum Gasteiger partial charge on any atom is -0.481 e. The zero-order chi connectivity index (χ0) is 14.9. The average molecular weight is 287 g/mol. The second kappa shape index (κ2) is 7.78. The minimum atomic E-state index is -0.0576. The van der Waals surface area contributed by atoms with E-state index in [0.717, 1.165) is 0 Å². The average Bonchev–Trinajstić information content (AvgIpc) is 2.53. The molecular weight excluding hydrogens is 270 g/mol. The van der Waals surface area contributed by atoms with Gasteiger partial charge in [-0.25, -0.2) is 15.0 Å². The lowest BCUT2D eigenvalue weighted by atomic mass is 10.3. The van der Waals surface area contributed by atoms with Crippen LogP contribution in [0.2, 0.25) is 0 Å². The maximum absolute atomic E-state index is 11.7. The van der Waals surface area contributed by atoms with Gasteiger partial charge in [-0.1, -0.05) is 0 Å². The first kappa shape index (κ1) is 14.7. The van der Waals surface area contributed by atoms with Gasteiger partial charge >= 0.3 is 0 Å². The Morgan fingerprint density at radius 1 is 1.24 bits per heavy atom. The molecule has 110 valence electrons. The standard InChI is InChI=1S/C14H17N5O2/c1-21-13-6-5-11(10-18-13)19-12(20)4-2-7-15-14-16-8-3-9-17-14/h3,5-6,8-10H,2,4,7H2,1H3,(H,19,20)(H,15,16,17). The van der Waals surface area contributed by atoms with E-state index >= 15 is 0 Å². The fraction of sp³-hybridized carbons (Fsp3) is 0.286. The van der Waals surface area contributed by atoms with E-state index in [1.807, 2.05) is 0 Å². The monoisotopic (exact) mass is 287 g/mol. The predicted molar refractivity (Wildman–Crippen MR) is 79.2 cm³/mol. The van der Waals surface area contributed by atoms with Crippen molar-refractivity contribution in [3.8, 4) is 5.88 Å². The van der Waals surface area contributed by atoms with Crippen LogP contribution >= 0.6 is 0 Å². The summed E-state index contributed by atoms with van der Waals surface area (Å²) >= 11 is 0. The largest absolute Gasteiger partial charge is 0.481 e. The highest BCUT2D eigenvalue weighted by Crippen LogP contribution is 2.11. The van der Waals surface area contributed by atoms with E-state index in [1.165, 1.54) is 0 Å². The van der Waals surface area contributed by atoms with Crippen LogP contribution in [0.3, 0.4) is 0 Å². The van der Waals surface area contributed by atoms with Crippen molar-refractivity contribution < 1.29 is 9.53 Å². The number of pyridine rings is 1. The molecule has 2 aromatic heterocycles. The van der Waals surface area contributed by atoms with Gasteiger partial charge in [-0.2, -0.15) is 0 Å². The smallest absolute Gasteiger partial charge is 0.224 e. The van der Waals surface area contributed by atoms with Gasteiger partial charge in [0.15, 0.2) is 0 Å². The molecule has 2 aromatic rings. The van der Waals surface area contributed by atoms with E-state index in [4.69, 9.17) is 4.74 Å². The van der Waals surface area contributed by atoms with E-state index in [9.17, 15) is 4.79 Å². The number of nitrogens with one attached hydrogen (secondary N) is 2. The number of aromatic nitrogens is 3. The van der Waals surface area contributed by atoms with Crippen LogP contribution < -0.4 is 15.4 Å². The van der Waals surface area contributed by atoms with Crippen LogP contribution in [0, 0.1) is 0 Å². The van der Waals surface area contributed by atoms with Crippen LogP contribution in [0.4, 0.5) is 11.6 Å². The van der Waals surface area contributed by atoms with E-state index < -0.39 is 0 Å². The fourth-order valence-electron chi connectivity index (χ4n) is 1.64. The molecule has 2 heterocycles. The number of amides is 1. The molecule has 1 amide bonds. The molecule has 0 aliphatic carbocycles. The zero-order valence-electron chi connectivity index (χ0n) is 11.7. The molecule has 0 aliphatic heterocycles. The highest BCUT2D eigenvalue weighted by Gasteiger charge is 2.03. The summed E-state index contributed by atoms with van der Waals surface area (Å²) in [5, 5.41) is 5.82. The Kier molecular flexibility index (Phi) is 5.45. The van der Waals surface area contributed by atoms with Gasteiger partial charge in [0.05, 0.1) is 19.0 Å². The summed E-state index contributed by atoms with van der Waals surface area (Å²) in [6, 6.07) is 5.20. The molecule has 7 heteroatoms. The lowest BCUT2D eigenvalue weighted by Gasteiger charge is -2.06. The van der Waals surface area contributed by atoms with Crippen molar-refractivity contribution >= 4 is 17.5 Å². The molecule has 0 fully saturated rings. The summed E-state index contributed by atoms with van der Waals surface area (Å²) in [6.07, 6.45) is 5.99. The molecule has 2 N–H and O–H groups in total. The molecule has 7 nitrogen and oxygen atoms in total. The maximum Gasteiger partial charge on any atom is 0.224 e. The second-order valence-electron chi connectivity index (χ2n) is 4.24. The Labute approximate surface area is 122 Å². The molecule has 0 bridgehead atoms. The van der Waals surface area contributed by atoms with Crippen LogP contribution in [0.25, 0.3) is 0 Å². The number of ether oxygens (including phenoxy) is 1. The number of nitrogens with zero attached hydrogens (tertiary/aromatic N) is 3.